The van der Waals surface area contributed by atoms with Crippen molar-refractivity contribution in [2.75, 3.05) is 19.0 Å². The molecule has 4 heteroatoms. The van der Waals surface area contributed by atoms with Crippen LogP contribution in [0.15, 0.2) is 42.5 Å². The molecule has 2 aromatic carbocycles. The number of hydrogen-bond acceptors (Lipinski definition) is 3. The van der Waals surface area contributed by atoms with Crippen molar-refractivity contribution < 1.29 is 13.9 Å². The highest BCUT2D eigenvalue weighted by Crippen LogP contribution is 2.34. The first kappa shape index (κ1) is 11.8. The lowest BCUT2D eigenvalue weighted by Gasteiger charge is -2.27. The van der Waals surface area contributed by atoms with Gasteiger partial charge < -0.3 is 14.8 Å². The Hall–Kier alpha value is -2.23. The van der Waals surface area contributed by atoms with Crippen LogP contribution in [-0.2, 0) is 0 Å². The Morgan fingerprint density at radius 2 is 2.00 bits per heavy atom. The van der Waals surface area contributed by atoms with Gasteiger partial charge in [0.05, 0.1) is 19.3 Å². The molecule has 3 rings (SSSR count). The van der Waals surface area contributed by atoms with Crippen LogP contribution in [0.4, 0.5) is 10.1 Å². The zero-order valence-electron chi connectivity index (χ0n) is 10.5. The van der Waals surface area contributed by atoms with Crippen molar-refractivity contribution in [2.24, 2.45) is 0 Å². The molecule has 0 spiro atoms. The van der Waals surface area contributed by atoms with Crippen LogP contribution >= 0.6 is 0 Å². The quantitative estimate of drug-likeness (QED) is 0.896. The maximum absolute atomic E-state index is 13.2. The molecule has 0 saturated heterocycles. The van der Waals surface area contributed by atoms with Crippen molar-refractivity contribution in [3.05, 3.63) is 53.8 Å². The lowest BCUT2D eigenvalue weighted by atomic mass is 10.1. The molecule has 0 aliphatic carbocycles. The lowest BCUT2D eigenvalue weighted by molar-refractivity contribution is 0.209. The Morgan fingerprint density at radius 3 is 2.74 bits per heavy atom. The molecule has 1 N–H and O–H groups in total. The number of fused-ring (bicyclic) bond motifs is 1. The smallest absolute Gasteiger partial charge is 0.146 e. The van der Waals surface area contributed by atoms with Gasteiger partial charge in [-0.15, -0.1) is 0 Å². The van der Waals surface area contributed by atoms with Crippen LogP contribution in [0.25, 0.3) is 0 Å². The normalized spacial score (nSPS) is 17.1. The Bertz CT molecular complexity index is 583. The first-order chi connectivity index (χ1) is 9.26. The summed E-state index contributed by atoms with van der Waals surface area (Å²) in [5.74, 6) is 1.06. The summed E-state index contributed by atoms with van der Waals surface area (Å²) in [6.07, 6.45) is -0.125. The predicted octanol–water partition coefficient (Wildman–Crippen LogP) is 3.38. The van der Waals surface area contributed by atoms with Gasteiger partial charge in [-0.05, 0) is 29.8 Å². The van der Waals surface area contributed by atoms with Gasteiger partial charge in [0.2, 0.25) is 0 Å². The molecule has 0 amide bonds. The van der Waals surface area contributed by atoms with E-state index < -0.39 is 0 Å². The van der Waals surface area contributed by atoms with E-state index in [0.717, 1.165) is 17.0 Å². The van der Waals surface area contributed by atoms with Crippen LogP contribution in [0.1, 0.15) is 11.7 Å². The fourth-order valence-electron chi connectivity index (χ4n) is 2.14. The molecule has 0 fully saturated rings. The van der Waals surface area contributed by atoms with E-state index in [4.69, 9.17) is 9.47 Å². The van der Waals surface area contributed by atoms with Gasteiger partial charge in [-0.1, -0.05) is 12.1 Å². The van der Waals surface area contributed by atoms with E-state index in [1.165, 1.54) is 12.1 Å². The van der Waals surface area contributed by atoms with E-state index >= 15 is 0 Å². The molecule has 98 valence electrons. The van der Waals surface area contributed by atoms with Gasteiger partial charge in [0.25, 0.3) is 0 Å². The molecular formula is C15H14FNO2. The average Bonchev–Trinajstić information content (AvgIpc) is 2.46. The summed E-state index contributed by atoms with van der Waals surface area (Å²) >= 11 is 0. The van der Waals surface area contributed by atoms with Crippen molar-refractivity contribution in [3.8, 4) is 11.5 Å². The summed E-state index contributed by atoms with van der Waals surface area (Å²) in [6, 6.07) is 12.2. The van der Waals surface area contributed by atoms with Gasteiger partial charge in [0.15, 0.2) is 0 Å². The molecule has 1 unspecified atom stereocenters. The second kappa shape index (κ2) is 4.80. The molecule has 0 bridgehead atoms. The Morgan fingerprint density at radius 1 is 1.21 bits per heavy atom. The lowest BCUT2D eigenvalue weighted by Crippen LogP contribution is -2.23. The van der Waals surface area contributed by atoms with Crippen molar-refractivity contribution in [2.45, 2.75) is 6.10 Å². The number of benzene rings is 2. The van der Waals surface area contributed by atoms with Crippen molar-refractivity contribution in [3.63, 3.8) is 0 Å². The monoisotopic (exact) mass is 259 g/mol. The van der Waals surface area contributed by atoms with Crippen molar-refractivity contribution in [1.82, 2.24) is 0 Å². The first-order valence-corrected chi connectivity index (χ1v) is 6.10. The second-order valence-electron chi connectivity index (χ2n) is 4.40. The van der Waals surface area contributed by atoms with E-state index in [0.29, 0.717) is 12.3 Å². The zero-order valence-corrected chi connectivity index (χ0v) is 10.5. The van der Waals surface area contributed by atoms with Gasteiger partial charge >= 0.3 is 0 Å². The number of anilines is 1. The van der Waals surface area contributed by atoms with Gasteiger partial charge in [-0.3, -0.25) is 0 Å². The third kappa shape index (κ3) is 2.34. The largest absolute Gasteiger partial charge is 0.497 e. The third-order valence-corrected chi connectivity index (χ3v) is 3.18. The van der Waals surface area contributed by atoms with Gasteiger partial charge in [0.1, 0.15) is 23.4 Å². The number of ether oxygens (including phenoxy) is 2. The molecule has 1 aliphatic rings. The number of nitrogens with one attached hydrogen (secondary N) is 1. The molecule has 1 aliphatic heterocycles. The van der Waals surface area contributed by atoms with Crippen molar-refractivity contribution >= 4 is 5.69 Å². The first-order valence-electron chi connectivity index (χ1n) is 6.10. The van der Waals surface area contributed by atoms with Crippen LogP contribution in [0.2, 0.25) is 0 Å². The summed E-state index contributed by atoms with van der Waals surface area (Å²) in [7, 11) is 1.63. The number of methoxy groups -OCH3 is 1. The van der Waals surface area contributed by atoms with Crippen LogP contribution in [0.5, 0.6) is 11.5 Å². The minimum absolute atomic E-state index is 0.125. The summed E-state index contributed by atoms with van der Waals surface area (Å²) in [4.78, 5) is 0. The predicted molar refractivity (Wildman–Crippen MR) is 71.3 cm³/mol. The topological polar surface area (TPSA) is 30.5 Å². The van der Waals surface area contributed by atoms with E-state index in [2.05, 4.69) is 5.32 Å². The minimum atomic E-state index is -0.295. The molecule has 3 nitrogen and oxygen atoms in total. The summed E-state index contributed by atoms with van der Waals surface area (Å²) in [5, 5.41) is 3.24. The summed E-state index contributed by atoms with van der Waals surface area (Å²) in [6.45, 7) is 0.658. The highest BCUT2D eigenvalue weighted by molar-refractivity contribution is 5.58. The van der Waals surface area contributed by atoms with Crippen LogP contribution in [0.3, 0.4) is 0 Å². The summed E-state index contributed by atoms with van der Waals surface area (Å²) < 4.78 is 24.1. The molecule has 1 heterocycles. The molecule has 0 radical (unpaired) electrons. The van der Waals surface area contributed by atoms with Gasteiger partial charge in [-0.2, -0.15) is 0 Å². The highest BCUT2D eigenvalue weighted by Gasteiger charge is 2.21. The second-order valence-corrected chi connectivity index (χ2v) is 4.40. The Balaban J connectivity index is 1.84. The maximum Gasteiger partial charge on any atom is 0.146 e. The third-order valence-electron chi connectivity index (χ3n) is 3.18. The number of rotatable bonds is 2. The molecule has 1 atom stereocenters. The molecule has 2 aromatic rings. The minimum Gasteiger partial charge on any atom is -0.497 e. The van der Waals surface area contributed by atoms with Gasteiger partial charge in [-0.25, -0.2) is 4.39 Å². The zero-order chi connectivity index (χ0) is 13.2. The van der Waals surface area contributed by atoms with Crippen LogP contribution in [-0.4, -0.2) is 13.7 Å². The van der Waals surface area contributed by atoms with E-state index in [1.54, 1.807) is 13.2 Å². The standard InChI is InChI=1S/C15H14FNO2/c1-18-12-5-2-10(3-6-12)15-9-17-13-7-4-11(16)8-14(13)19-15/h2-8,15,17H,9H2,1H3. The SMILES string of the molecule is COc1ccc(C2CNc3ccc(F)cc3O2)cc1. The molecule has 19 heavy (non-hydrogen) atoms. The fourth-order valence-corrected chi connectivity index (χ4v) is 2.14. The fraction of sp³-hybridized carbons (Fsp3) is 0.200. The van der Waals surface area contributed by atoms with Crippen LogP contribution < -0.4 is 14.8 Å². The van der Waals surface area contributed by atoms with Gasteiger partial charge in [0, 0.05) is 6.07 Å². The summed E-state index contributed by atoms with van der Waals surface area (Å²) in [5.41, 5.74) is 1.86. The maximum atomic E-state index is 13.2. The highest BCUT2D eigenvalue weighted by atomic mass is 19.1. The number of halogens is 1. The average molecular weight is 259 g/mol. The molecular weight excluding hydrogens is 245 g/mol. The Kier molecular flexibility index (Phi) is 2.99. The van der Waals surface area contributed by atoms with E-state index in [9.17, 15) is 4.39 Å². The molecule has 0 aromatic heterocycles. The van der Waals surface area contributed by atoms with E-state index in [-0.39, 0.29) is 11.9 Å². The van der Waals surface area contributed by atoms with Crippen LogP contribution in [0, 0.1) is 5.82 Å². The Labute approximate surface area is 111 Å². The van der Waals surface area contributed by atoms with E-state index in [1.807, 2.05) is 24.3 Å². The van der Waals surface area contributed by atoms with Crippen molar-refractivity contribution in [1.29, 1.82) is 0 Å². The number of hydrogen-bond donors (Lipinski definition) is 1. The molecule has 0 saturated carbocycles.